The third kappa shape index (κ3) is 4.19. The second-order valence-corrected chi connectivity index (χ2v) is 4.73. The van der Waals surface area contributed by atoms with Gasteiger partial charge in [-0.3, -0.25) is 9.59 Å². The Morgan fingerprint density at radius 1 is 1.22 bits per heavy atom. The van der Waals surface area contributed by atoms with Crippen LogP contribution in [0.4, 0.5) is 5.69 Å². The van der Waals surface area contributed by atoms with Crippen LogP contribution in [-0.2, 0) is 11.2 Å². The second-order valence-electron chi connectivity index (χ2n) is 4.73. The number of rotatable bonds is 6. The van der Waals surface area contributed by atoms with Crippen molar-refractivity contribution in [2.75, 3.05) is 11.9 Å². The van der Waals surface area contributed by atoms with E-state index in [4.69, 9.17) is 9.94 Å². The number of aromatic nitrogens is 1. The highest BCUT2D eigenvalue weighted by molar-refractivity contribution is 5.91. The number of hydrogen-bond acceptors (Lipinski definition) is 4. The molecular weight excluding hydrogens is 300 g/mol. The van der Waals surface area contributed by atoms with Crippen molar-refractivity contribution in [1.82, 2.24) is 4.73 Å². The minimum atomic E-state index is -1.35. The van der Waals surface area contributed by atoms with Gasteiger partial charge in [-0.25, -0.2) is 4.79 Å². The van der Waals surface area contributed by atoms with E-state index in [1.165, 1.54) is 18.3 Å². The van der Waals surface area contributed by atoms with Gasteiger partial charge in [0.2, 0.25) is 0 Å². The van der Waals surface area contributed by atoms with Gasteiger partial charge in [0, 0.05) is 11.9 Å². The Labute approximate surface area is 132 Å². The average Bonchev–Trinajstić information content (AvgIpc) is 2.54. The van der Waals surface area contributed by atoms with Gasteiger partial charge in [0.1, 0.15) is 5.56 Å². The van der Waals surface area contributed by atoms with E-state index >= 15 is 0 Å². The number of hydrogen-bond donors (Lipinski definition) is 2. The number of amides is 1. The molecule has 2 N–H and O–H groups in total. The lowest BCUT2D eigenvalue weighted by atomic mass is 10.1. The molecule has 0 radical (unpaired) electrons. The van der Waals surface area contributed by atoms with E-state index in [9.17, 15) is 14.4 Å². The number of anilines is 1. The van der Waals surface area contributed by atoms with Gasteiger partial charge < -0.3 is 15.3 Å². The summed E-state index contributed by atoms with van der Waals surface area (Å²) in [4.78, 5) is 39.5. The van der Waals surface area contributed by atoms with Crippen LogP contribution in [0.3, 0.4) is 0 Å². The third-order valence-corrected chi connectivity index (χ3v) is 3.13. The zero-order valence-corrected chi connectivity index (χ0v) is 12.5. The minimum Gasteiger partial charge on any atom is -0.477 e. The molecule has 1 heterocycles. The summed E-state index contributed by atoms with van der Waals surface area (Å²) >= 11 is 0. The maximum absolute atomic E-state index is 11.8. The van der Waals surface area contributed by atoms with Crippen molar-refractivity contribution < 1.29 is 19.5 Å². The summed E-state index contributed by atoms with van der Waals surface area (Å²) in [5.74, 6) is -1.81. The number of nitrogens with one attached hydrogen (secondary N) is 1. The van der Waals surface area contributed by atoms with Crippen LogP contribution in [0.1, 0.15) is 22.8 Å². The maximum Gasteiger partial charge on any atom is 0.341 e. The summed E-state index contributed by atoms with van der Waals surface area (Å²) < 4.78 is 0.725. The van der Waals surface area contributed by atoms with Crippen LogP contribution >= 0.6 is 0 Å². The van der Waals surface area contributed by atoms with Gasteiger partial charge in [0.25, 0.3) is 11.5 Å². The van der Waals surface area contributed by atoms with E-state index in [0.29, 0.717) is 5.69 Å². The van der Waals surface area contributed by atoms with Crippen LogP contribution < -0.4 is 15.7 Å². The van der Waals surface area contributed by atoms with Gasteiger partial charge in [-0.05, 0) is 36.2 Å². The largest absolute Gasteiger partial charge is 0.477 e. The van der Waals surface area contributed by atoms with E-state index in [2.05, 4.69) is 5.32 Å². The van der Waals surface area contributed by atoms with Crippen molar-refractivity contribution in [1.29, 1.82) is 0 Å². The van der Waals surface area contributed by atoms with Crippen molar-refractivity contribution >= 4 is 17.6 Å². The highest BCUT2D eigenvalue weighted by Crippen LogP contribution is 2.09. The van der Waals surface area contributed by atoms with Gasteiger partial charge in [-0.1, -0.05) is 19.1 Å². The molecule has 120 valence electrons. The van der Waals surface area contributed by atoms with Crippen LogP contribution in [-0.4, -0.2) is 28.3 Å². The number of benzene rings is 1. The van der Waals surface area contributed by atoms with E-state index in [0.717, 1.165) is 16.7 Å². The van der Waals surface area contributed by atoms with E-state index in [-0.39, 0.29) is 0 Å². The van der Waals surface area contributed by atoms with Crippen LogP contribution in [0, 0.1) is 0 Å². The first-order valence-electron chi connectivity index (χ1n) is 6.98. The smallest absolute Gasteiger partial charge is 0.341 e. The maximum atomic E-state index is 11.8. The molecule has 7 heteroatoms. The quantitative estimate of drug-likeness (QED) is 0.834. The summed E-state index contributed by atoms with van der Waals surface area (Å²) in [5.41, 5.74) is 0.502. The second kappa shape index (κ2) is 7.26. The standard InChI is InChI=1S/C16H16N2O5/c1-2-11-5-7-12(8-6-11)17-14(19)10-23-18-9-3-4-13(15(18)20)16(21)22/h3-9H,2,10H2,1H3,(H,17,19)(H,21,22). The number of pyridine rings is 1. The summed E-state index contributed by atoms with van der Waals surface area (Å²) in [6, 6.07) is 9.86. The van der Waals surface area contributed by atoms with Gasteiger partial charge in [0.15, 0.2) is 6.61 Å². The first-order chi connectivity index (χ1) is 11.0. The molecule has 0 aliphatic rings. The van der Waals surface area contributed by atoms with Gasteiger partial charge in [-0.2, -0.15) is 4.73 Å². The lowest BCUT2D eigenvalue weighted by Crippen LogP contribution is -2.34. The number of carboxylic acid groups (broad SMARTS) is 1. The lowest BCUT2D eigenvalue weighted by Gasteiger charge is -2.09. The summed E-state index contributed by atoms with van der Waals surface area (Å²) in [6.45, 7) is 1.61. The molecule has 0 saturated heterocycles. The van der Waals surface area contributed by atoms with Crippen LogP contribution in [0.15, 0.2) is 47.4 Å². The van der Waals surface area contributed by atoms with Crippen LogP contribution in [0.5, 0.6) is 0 Å². The van der Waals surface area contributed by atoms with E-state index < -0.39 is 29.6 Å². The number of aryl methyl sites for hydroxylation is 1. The molecule has 1 aromatic heterocycles. The summed E-state index contributed by atoms with van der Waals surface area (Å²) in [5, 5.41) is 11.5. The molecule has 0 atom stereocenters. The molecule has 0 unspecified atom stereocenters. The number of aromatic carboxylic acids is 1. The molecule has 0 fully saturated rings. The fourth-order valence-corrected chi connectivity index (χ4v) is 1.89. The van der Waals surface area contributed by atoms with E-state index in [1.807, 2.05) is 19.1 Å². The first-order valence-corrected chi connectivity index (χ1v) is 6.98. The molecule has 0 aliphatic carbocycles. The van der Waals surface area contributed by atoms with Gasteiger partial charge in [-0.15, -0.1) is 0 Å². The Kier molecular flexibility index (Phi) is 5.14. The average molecular weight is 316 g/mol. The first kappa shape index (κ1) is 16.3. The van der Waals surface area contributed by atoms with Gasteiger partial charge >= 0.3 is 5.97 Å². The number of carbonyl (C=O) groups excluding carboxylic acids is 1. The van der Waals surface area contributed by atoms with Crippen molar-refractivity contribution in [2.24, 2.45) is 0 Å². The predicted molar refractivity (Wildman–Crippen MR) is 83.6 cm³/mol. The molecular formula is C16H16N2O5. The van der Waals surface area contributed by atoms with Crippen molar-refractivity contribution in [3.05, 3.63) is 64.1 Å². The zero-order chi connectivity index (χ0) is 16.8. The highest BCUT2D eigenvalue weighted by atomic mass is 16.7. The Hall–Kier alpha value is -3.09. The molecule has 2 aromatic rings. The zero-order valence-electron chi connectivity index (χ0n) is 12.5. The molecule has 0 saturated carbocycles. The SMILES string of the molecule is CCc1ccc(NC(=O)COn2cccc(C(=O)O)c2=O)cc1. The van der Waals surface area contributed by atoms with Crippen molar-refractivity contribution in [2.45, 2.75) is 13.3 Å². The lowest BCUT2D eigenvalue weighted by molar-refractivity contribution is -0.120. The molecule has 0 bridgehead atoms. The number of nitrogens with zero attached hydrogens (tertiary/aromatic N) is 1. The molecule has 2 rings (SSSR count). The molecule has 0 aliphatic heterocycles. The summed E-state index contributed by atoms with van der Waals surface area (Å²) in [7, 11) is 0. The molecule has 1 amide bonds. The van der Waals surface area contributed by atoms with Crippen molar-refractivity contribution in [3.8, 4) is 0 Å². The number of carboxylic acids is 1. The third-order valence-electron chi connectivity index (χ3n) is 3.13. The Morgan fingerprint density at radius 2 is 1.91 bits per heavy atom. The number of carbonyl (C=O) groups is 2. The van der Waals surface area contributed by atoms with Gasteiger partial charge in [0.05, 0.1) is 0 Å². The van der Waals surface area contributed by atoms with Crippen molar-refractivity contribution in [3.63, 3.8) is 0 Å². The molecule has 0 spiro atoms. The fraction of sp³-hybridized carbons (Fsp3) is 0.188. The molecule has 23 heavy (non-hydrogen) atoms. The predicted octanol–water partition coefficient (Wildman–Crippen LogP) is 1.18. The highest BCUT2D eigenvalue weighted by Gasteiger charge is 2.11. The normalized spacial score (nSPS) is 10.1. The molecule has 1 aromatic carbocycles. The van der Waals surface area contributed by atoms with Crippen LogP contribution in [0.25, 0.3) is 0 Å². The Morgan fingerprint density at radius 3 is 2.52 bits per heavy atom. The van der Waals surface area contributed by atoms with Crippen LogP contribution in [0.2, 0.25) is 0 Å². The summed E-state index contributed by atoms with van der Waals surface area (Å²) in [6.07, 6.45) is 2.15. The Bertz CT molecular complexity index is 765. The Balaban J connectivity index is 1.98. The topological polar surface area (TPSA) is 97.6 Å². The molecule has 7 nitrogen and oxygen atoms in total. The fourth-order valence-electron chi connectivity index (χ4n) is 1.89. The minimum absolute atomic E-state index is 0.418. The monoisotopic (exact) mass is 316 g/mol. The van der Waals surface area contributed by atoms with E-state index in [1.54, 1.807) is 12.1 Å².